The van der Waals surface area contributed by atoms with E-state index in [0.29, 0.717) is 15.8 Å². The van der Waals surface area contributed by atoms with Crippen LogP contribution in [0, 0.1) is 11.3 Å². The van der Waals surface area contributed by atoms with E-state index in [1.165, 1.54) is 13.2 Å². The van der Waals surface area contributed by atoms with Crippen molar-refractivity contribution < 1.29 is 14.6 Å². The van der Waals surface area contributed by atoms with Gasteiger partial charge in [-0.05, 0) is 34.1 Å². The number of carboxylic acids is 1. The molecule has 1 aromatic carbocycles. The number of nitriles is 1. The Bertz CT molecular complexity index is 532. The van der Waals surface area contributed by atoms with E-state index in [0.717, 1.165) is 4.47 Å². The second kappa shape index (κ2) is 5.84. The van der Waals surface area contributed by atoms with Crippen LogP contribution in [-0.4, -0.2) is 18.2 Å². The van der Waals surface area contributed by atoms with E-state index in [1.807, 2.05) is 0 Å². The van der Waals surface area contributed by atoms with E-state index in [9.17, 15) is 4.79 Å². The fourth-order valence-corrected chi connectivity index (χ4v) is 2.62. The Balaban J connectivity index is 3.41. The average Bonchev–Trinajstić information content (AvgIpc) is 2.24. The molecule has 0 amide bonds. The zero-order valence-electron chi connectivity index (χ0n) is 8.70. The number of ether oxygens (including phenoxy) is 1. The number of aliphatic carboxylic acids is 1. The first-order chi connectivity index (χ1) is 7.99. The molecule has 0 saturated carbocycles. The molecule has 0 saturated heterocycles. The minimum Gasteiger partial charge on any atom is -0.495 e. The lowest BCUT2D eigenvalue weighted by molar-refractivity contribution is -0.132. The summed E-state index contributed by atoms with van der Waals surface area (Å²) in [6, 6.07) is 5.05. The first-order valence-corrected chi connectivity index (χ1v) is 5.96. The second-order valence-electron chi connectivity index (χ2n) is 2.99. The van der Waals surface area contributed by atoms with Crippen LogP contribution in [0.15, 0.2) is 26.7 Å². The number of hydrogen-bond acceptors (Lipinski definition) is 3. The molecule has 17 heavy (non-hydrogen) atoms. The molecule has 0 aromatic heterocycles. The number of rotatable bonds is 3. The lowest BCUT2D eigenvalue weighted by atomic mass is 10.1. The number of methoxy groups -OCH3 is 1. The molecule has 0 heterocycles. The molecule has 0 aliphatic carbocycles. The highest BCUT2D eigenvalue weighted by atomic mass is 79.9. The monoisotopic (exact) mass is 359 g/mol. The molecular formula is C11H7Br2NO3. The van der Waals surface area contributed by atoms with Gasteiger partial charge < -0.3 is 9.84 Å². The Morgan fingerprint density at radius 3 is 2.65 bits per heavy atom. The van der Waals surface area contributed by atoms with E-state index < -0.39 is 5.97 Å². The van der Waals surface area contributed by atoms with Gasteiger partial charge in [0.2, 0.25) is 0 Å². The maximum Gasteiger partial charge on any atom is 0.346 e. The molecule has 0 fully saturated rings. The van der Waals surface area contributed by atoms with Crippen molar-refractivity contribution in [1.82, 2.24) is 0 Å². The first kappa shape index (κ1) is 13.7. The van der Waals surface area contributed by atoms with Gasteiger partial charge in [-0.1, -0.05) is 15.9 Å². The normalized spacial score (nSPS) is 10.8. The summed E-state index contributed by atoms with van der Waals surface area (Å²) in [7, 11) is 1.47. The Morgan fingerprint density at radius 1 is 1.53 bits per heavy atom. The van der Waals surface area contributed by atoms with Gasteiger partial charge in [-0.15, -0.1) is 0 Å². The summed E-state index contributed by atoms with van der Waals surface area (Å²) in [5, 5.41) is 17.5. The van der Waals surface area contributed by atoms with Crippen molar-refractivity contribution in [2.75, 3.05) is 7.11 Å². The summed E-state index contributed by atoms with van der Waals surface area (Å²) in [4.78, 5) is 10.7. The van der Waals surface area contributed by atoms with Gasteiger partial charge in [-0.3, -0.25) is 0 Å². The predicted molar refractivity (Wildman–Crippen MR) is 69.6 cm³/mol. The molecule has 0 aliphatic rings. The van der Waals surface area contributed by atoms with Crippen molar-refractivity contribution in [3.05, 3.63) is 32.2 Å². The lowest BCUT2D eigenvalue weighted by Crippen LogP contribution is -1.98. The van der Waals surface area contributed by atoms with E-state index in [-0.39, 0.29) is 5.57 Å². The number of benzene rings is 1. The molecular weight excluding hydrogens is 354 g/mol. The molecule has 0 bridgehead atoms. The fourth-order valence-electron chi connectivity index (χ4n) is 1.20. The van der Waals surface area contributed by atoms with Gasteiger partial charge in [0.1, 0.15) is 17.4 Å². The van der Waals surface area contributed by atoms with E-state index >= 15 is 0 Å². The lowest BCUT2D eigenvalue weighted by Gasteiger charge is -2.08. The van der Waals surface area contributed by atoms with Crippen LogP contribution in [0.3, 0.4) is 0 Å². The summed E-state index contributed by atoms with van der Waals surface area (Å²) in [6.07, 6.45) is 1.26. The molecule has 0 unspecified atom stereocenters. The molecule has 0 aliphatic heterocycles. The fraction of sp³-hybridized carbons (Fsp3) is 0.0909. The summed E-state index contributed by atoms with van der Waals surface area (Å²) in [5.74, 6) is -0.798. The van der Waals surface area contributed by atoms with Crippen LogP contribution in [0.4, 0.5) is 0 Å². The van der Waals surface area contributed by atoms with E-state index in [2.05, 4.69) is 31.9 Å². The van der Waals surface area contributed by atoms with Gasteiger partial charge in [0, 0.05) is 10.0 Å². The quantitative estimate of drug-likeness (QED) is 0.663. The molecule has 4 nitrogen and oxygen atoms in total. The minimum atomic E-state index is -1.27. The van der Waals surface area contributed by atoms with Gasteiger partial charge in [-0.25, -0.2) is 4.79 Å². The van der Waals surface area contributed by atoms with Gasteiger partial charge in [0.15, 0.2) is 0 Å². The maximum absolute atomic E-state index is 10.7. The van der Waals surface area contributed by atoms with E-state index in [4.69, 9.17) is 15.1 Å². The minimum absolute atomic E-state index is 0.353. The third-order valence-electron chi connectivity index (χ3n) is 1.89. The van der Waals surface area contributed by atoms with Crippen molar-refractivity contribution >= 4 is 43.9 Å². The summed E-state index contributed by atoms with van der Waals surface area (Å²) in [6.45, 7) is 0. The van der Waals surface area contributed by atoms with Crippen molar-refractivity contribution in [2.45, 2.75) is 0 Å². The summed E-state index contributed by atoms with van der Waals surface area (Å²) in [5.41, 5.74) is 0.154. The van der Waals surface area contributed by atoms with Gasteiger partial charge in [-0.2, -0.15) is 5.26 Å². The highest BCUT2D eigenvalue weighted by Gasteiger charge is 2.11. The summed E-state index contributed by atoms with van der Waals surface area (Å²) < 4.78 is 6.56. The number of hydrogen-bond donors (Lipinski definition) is 1. The second-order valence-corrected chi connectivity index (χ2v) is 4.76. The standard InChI is InChI=1S/C11H7Br2NO3/c1-17-10-6(2-7(5-14)11(15)16)3-8(12)4-9(10)13/h2-4H,1H3,(H,15,16)/b7-2+. The van der Waals surface area contributed by atoms with Crippen LogP contribution in [0.1, 0.15) is 5.56 Å². The van der Waals surface area contributed by atoms with Crippen LogP contribution < -0.4 is 4.74 Å². The van der Waals surface area contributed by atoms with Crippen LogP contribution in [0.25, 0.3) is 6.08 Å². The molecule has 0 spiro atoms. The van der Waals surface area contributed by atoms with Crippen molar-refractivity contribution in [3.63, 3.8) is 0 Å². The van der Waals surface area contributed by atoms with Crippen molar-refractivity contribution in [2.24, 2.45) is 0 Å². The number of halogens is 2. The van der Waals surface area contributed by atoms with Crippen LogP contribution in [-0.2, 0) is 4.79 Å². The first-order valence-electron chi connectivity index (χ1n) is 4.37. The maximum atomic E-state index is 10.7. The Morgan fingerprint density at radius 2 is 2.18 bits per heavy atom. The topological polar surface area (TPSA) is 70.3 Å². The average molecular weight is 361 g/mol. The highest BCUT2D eigenvalue weighted by molar-refractivity contribution is 9.11. The smallest absolute Gasteiger partial charge is 0.346 e. The number of carboxylic acid groups (broad SMARTS) is 1. The SMILES string of the molecule is COc1c(Br)cc(Br)cc1/C=C(\C#N)C(=O)O. The summed E-state index contributed by atoms with van der Waals surface area (Å²) >= 11 is 6.57. The molecule has 88 valence electrons. The van der Waals surface area contributed by atoms with Crippen LogP contribution in [0.2, 0.25) is 0 Å². The van der Waals surface area contributed by atoms with Crippen molar-refractivity contribution in [3.8, 4) is 11.8 Å². The van der Waals surface area contributed by atoms with Gasteiger partial charge in [0.05, 0.1) is 11.6 Å². The zero-order chi connectivity index (χ0) is 13.0. The Labute approximate surface area is 115 Å². The molecule has 0 radical (unpaired) electrons. The highest BCUT2D eigenvalue weighted by Crippen LogP contribution is 2.33. The Kier molecular flexibility index (Phi) is 4.73. The van der Waals surface area contributed by atoms with Crippen molar-refractivity contribution in [1.29, 1.82) is 5.26 Å². The predicted octanol–water partition coefficient (Wildman–Crippen LogP) is 3.21. The largest absolute Gasteiger partial charge is 0.495 e. The molecule has 6 heteroatoms. The third kappa shape index (κ3) is 3.32. The number of carbonyl (C=O) groups is 1. The molecule has 1 aromatic rings. The Hall–Kier alpha value is -1.32. The number of nitrogens with zero attached hydrogens (tertiary/aromatic N) is 1. The molecule has 0 atom stereocenters. The van der Waals surface area contributed by atoms with E-state index in [1.54, 1.807) is 18.2 Å². The van der Waals surface area contributed by atoms with Gasteiger partial charge >= 0.3 is 5.97 Å². The third-order valence-corrected chi connectivity index (χ3v) is 2.94. The molecule has 1 N–H and O–H groups in total. The van der Waals surface area contributed by atoms with Gasteiger partial charge in [0.25, 0.3) is 0 Å². The molecule has 1 rings (SSSR count). The van der Waals surface area contributed by atoms with Crippen LogP contribution >= 0.6 is 31.9 Å². The van der Waals surface area contributed by atoms with Crippen LogP contribution in [0.5, 0.6) is 5.75 Å². The zero-order valence-corrected chi connectivity index (χ0v) is 11.9.